The van der Waals surface area contributed by atoms with Gasteiger partial charge in [0.25, 0.3) is 6.43 Å². The molecular formula is C29H46F2N4OS. The van der Waals surface area contributed by atoms with Gasteiger partial charge in [-0.25, -0.2) is 19.6 Å². The largest absolute Gasteiger partial charge is 0.493 e. The summed E-state index contributed by atoms with van der Waals surface area (Å²) in [5.74, 6) is 6.39. The summed E-state index contributed by atoms with van der Waals surface area (Å²) >= 11 is 1.33. The Balaban J connectivity index is 0.00000201. The fourth-order valence-electron chi connectivity index (χ4n) is 3.18. The van der Waals surface area contributed by atoms with Crippen molar-refractivity contribution in [1.29, 1.82) is 0 Å². The number of thiazole rings is 1. The van der Waals surface area contributed by atoms with Crippen LogP contribution in [0.5, 0.6) is 5.75 Å². The second-order valence-corrected chi connectivity index (χ2v) is 8.10. The lowest BCUT2D eigenvalue weighted by atomic mass is 10.1. The van der Waals surface area contributed by atoms with E-state index in [0.717, 1.165) is 30.5 Å². The Labute approximate surface area is 227 Å². The van der Waals surface area contributed by atoms with Crippen LogP contribution in [0.2, 0.25) is 0 Å². The minimum atomic E-state index is -2.66. The third kappa shape index (κ3) is 12.0. The Morgan fingerprint density at radius 1 is 0.973 bits per heavy atom. The van der Waals surface area contributed by atoms with E-state index in [1.807, 2.05) is 59.1 Å². The number of nitrogens with two attached hydrogens (primary N) is 1. The van der Waals surface area contributed by atoms with Gasteiger partial charge in [-0.2, -0.15) is 0 Å². The third-order valence-corrected chi connectivity index (χ3v) is 5.76. The zero-order chi connectivity index (χ0) is 28.1. The molecule has 0 spiro atoms. The zero-order valence-electron chi connectivity index (χ0n) is 23.6. The molecule has 1 aromatic carbocycles. The number of hydrazine groups is 1. The second-order valence-electron chi connectivity index (χ2n) is 7.27. The van der Waals surface area contributed by atoms with E-state index in [0.29, 0.717) is 17.4 Å². The van der Waals surface area contributed by atoms with Crippen molar-refractivity contribution in [3.63, 3.8) is 0 Å². The lowest BCUT2D eigenvalue weighted by molar-refractivity contribution is 0.145. The average Bonchev–Trinajstić information content (AvgIpc) is 3.46. The molecular weight excluding hydrogens is 490 g/mol. The SMILES string of the molecule is CC.CC.CC.CCCCCCCCOc1ccc(N(N)c2nc(-c3cccnc3)cs2)cc1C(F)F. The Morgan fingerprint density at radius 3 is 2.27 bits per heavy atom. The summed E-state index contributed by atoms with van der Waals surface area (Å²) in [6.07, 6.45) is 7.43. The molecule has 2 heterocycles. The number of anilines is 2. The predicted molar refractivity (Wildman–Crippen MR) is 156 cm³/mol. The standard InChI is InChI=1S/C23H28F2N4OS.3C2H6/c1-2-3-4-5-6-7-13-30-21-11-10-18(14-19(21)22(24)25)29(26)23-28-20(16-31-23)17-9-8-12-27-15-17;3*1-2/h8-12,14-16,22H,2-7,13,26H2,1H3;3*1-2H3. The highest BCUT2D eigenvalue weighted by molar-refractivity contribution is 7.14. The van der Waals surface area contributed by atoms with Crippen molar-refractivity contribution >= 4 is 22.2 Å². The number of ether oxygens (including phenoxy) is 1. The van der Waals surface area contributed by atoms with Gasteiger partial charge in [0, 0.05) is 23.3 Å². The van der Waals surface area contributed by atoms with Crippen LogP contribution in [-0.2, 0) is 0 Å². The number of pyridine rings is 1. The molecule has 0 radical (unpaired) electrons. The van der Waals surface area contributed by atoms with Gasteiger partial charge in [-0.15, -0.1) is 11.3 Å². The highest BCUT2D eigenvalue weighted by Crippen LogP contribution is 2.35. The first-order valence-corrected chi connectivity index (χ1v) is 14.4. The molecule has 8 heteroatoms. The van der Waals surface area contributed by atoms with Crippen molar-refractivity contribution in [2.24, 2.45) is 5.84 Å². The van der Waals surface area contributed by atoms with E-state index in [-0.39, 0.29) is 11.3 Å². The maximum Gasteiger partial charge on any atom is 0.267 e. The first-order chi connectivity index (χ1) is 18.1. The molecule has 0 saturated carbocycles. The van der Waals surface area contributed by atoms with Gasteiger partial charge < -0.3 is 4.74 Å². The van der Waals surface area contributed by atoms with Gasteiger partial charge in [-0.3, -0.25) is 9.99 Å². The maximum atomic E-state index is 13.7. The Morgan fingerprint density at radius 2 is 1.65 bits per heavy atom. The van der Waals surface area contributed by atoms with Crippen LogP contribution in [0.25, 0.3) is 11.3 Å². The first-order valence-electron chi connectivity index (χ1n) is 13.6. The van der Waals surface area contributed by atoms with Gasteiger partial charge in [0.1, 0.15) is 5.75 Å². The van der Waals surface area contributed by atoms with Gasteiger partial charge >= 0.3 is 0 Å². The fraction of sp³-hybridized carbons (Fsp3) is 0.517. The highest BCUT2D eigenvalue weighted by atomic mass is 32.1. The van der Waals surface area contributed by atoms with Crippen LogP contribution in [0.4, 0.5) is 19.6 Å². The van der Waals surface area contributed by atoms with Gasteiger partial charge in [0.2, 0.25) is 5.13 Å². The summed E-state index contributed by atoms with van der Waals surface area (Å²) in [6.45, 7) is 14.6. The number of hydrogen-bond donors (Lipinski definition) is 1. The van der Waals surface area contributed by atoms with Crippen LogP contribution in [0.15, 0.2) is 48.1 Å². The topological polar surface area (TPSA) is 64.3 Å². The van der Waals surface area contributed by atoms with Crippen molar-refractivity contribution in [3.05, 3.63) is 53.7 Å². The molecule has 2 aromatic heterocycles. The molecule has 3 rings (SSSR count). The Kier molecular flexibility index (Phi) is 20.0. The Hall–Kier alpha value is -2.58. The molecule has 5 nitrogen and oxygen atoms in total. The number of alkyl halides is 2. The van der Waals surface area contributed by atoms with Crippen LogP contribution in [0.3, 0.4) is 0 Å². The van der Waals surface area contributed by atoms with E-state index in [2.05, 4.69) is 16.9 Å². The van der Waals surface area contributed by atoms with E-state index in [1.54, 1.807) is 24.5 Å². The first kappa shape index (κ1) is 34.4. The number of hydrogen-bond acceptors (Lipinski definition) is 6. The number of nitrogens with zero attached hydrogens (tertiary/aromatic N) is 3. The van der Waals surface area contributed by atoms with Crippen molar-refractivity contribution in [3.8, 4) is 17.0 Å². The van der Waals surface area contributed by atoms with E-state index < -0.39 is 6.43 Å². The molecule has 0 aliphatic carbocycles. The quantitative estimate of drug-likeness (QED) is 0.142. The van der Waals surface area contributed by atoms with E-state index >= 15 is 0 Å². The minimum absolute atomic E-state index is 0.164. The Bertz CT molecular complexity index is 939. The summed E-state index contributed by atoms with van der Waals surface area (Å²) in [5.41, 5.74) is 1.86. The monoisotopic (exact) mass is 536 g/mol. The van der Waals surface area contributed by atoms with Crippen molar-refractivity contribution in [2.45, 2.75) is 93.4 Å². The van der Waals surface area contributed by atoms with E-state index in [9.17, 15) is 8.78 Å². The molecule has 0 atom stereocenters. The molecule has 0 amide bonds. The van der Waals surface area contributed by atoms with Gasteiger partial charge in [0.05, 0.1) is 23.6 Å². The predicted octanol–water partition coefficient (Wildman–Crippen LogP) is 9.97. The third-order valence-electron chi connectivity index (χ3n) is 4.92. The van der Waals surface area contributed by atoms with Crippen molar-refractivity contribution < 1.29 is 13.5 Å². The number of halogens is 2. The smallest absolute Gasteiger partial charge is 0.267 e. The van der Waals surface area contributed by atoms with E-state index in [1.165, 1.54) is 41.7 Å². The van der Waals surface area contributed by atoms with Crippen LogP contribution in [0, 0.1) is 0 Å². The van der Waals surface area contributed by atoms with Crippen molar-refractivity contribution in [1.82, 2.24) is 9.97 Å². The fourth-order valence-corrected chi connectivity index (χ4v) is 3.96. The van der Waals surface area contributed by atoms with E-state index in [4.69, 9.17) is 10.6 Å². The minimum Gasteiger partial charge on any atom is -0.493 e. The lowest BCUT2D eigenvalue weighted by Gasteiger charge is -2.18. The number of aromatic nitrogens is 2. The van der Waals surface area contributed by atoms with Gasteiger partial charge in [0.15, 0.2) is 0 Å². The molecule has 2 N–H and O–H groups in total. The van der Waals surface area contributed by atoms with Gasteiger partial charge in [-0.1, -0.05) is 80.6 Å². The zero-order valence-corrected chi connectivity index (χ0v) is 24.5. The van der Waals surface area contributed by atoms with Crippen LogP contribution < -0.4 is 15.6 Å². The van der Waals surface area contributed by atoms with Crippen molar-refractivity contribution in [2.75, 3.05) is 11.6 Å². The summed E-state index contributed by atoms with van der Waals surface area (Å²) in [5, 5.41) is 3.67. The van der Waals surface area contributed by atoms with Crippen LogP contribution >= 0.6 is 11.3 Å². The van der Waals surface area contributed by atoms with Crippen LogP contribution in [0.1, 0.15) is 99.0 Å². The highest BCUT2D eigenvalue weighted by Gasteiger charge is 2.18. The number of unbranched alkanes of at least 4 members (excludes halogenated alkanes) is 5. The molecule has 208 valence electrons. The maximum absolute atomic E-state index is 13.7. The summed E-state index contributed by atoms with van der Waals surface area (Å²) < 4.78 is 33.0. The molecule has 0 unspecified atom stereocenters. The molecule has 3 aromatic rings. The molecule has 0 aliphatic rings. The normalized spacial score (nSPS) is 9.81. The summed E-state index contributed by atoms with van der Waals surface area (Å²) in [4.78, 5) is 8.59. The number of benzene rings is 1. The van der Waals surface area contributed by atoms with Gasteiger partial charge in [-0.05, 0) is 36.8 Å². The molecule has 0 fully saturated rings. The molecule has 0 aliphatic heterocycles. The summed E-state index contributed by atoms with van der Waals surface area (Å²) in [7, 11) is 0. The second kappa shape index (κ2) is 21.5. The molecule has 0 bridgehead atoms. The van der Waals surface area contributed by atoms with Crippen LogP contribution in [-0.4, -0.2) is 16.6 Å². The average molecular weight is 537 g/mol. The molecule has 0 saturated heterocycles. The summed E-state index contributed by atoms with van der Waals surface area (Å²) in [6, 6.07) is 8.33. The molecule has 37 heavy (non-hydrogen) atoms. The lowest BCUT2D eigenvalue weighted by Crippen LogP contribution is -2.24. The number of rotatable bonds is 12.